The van der Waals surface area contributed by atoms with Crippen LogP contribution in [0.3, 0.4) is 0 Å². The number of amides is 2. The number of unbranched alkanes of at least 4 members (excludes halogenated alkanes) is 1. The van der Waals surface area contributed by atoms with Crippen LogP contribution in [0.25, 0.3) is 0 Å². The molecule has 2 amide bonds. The zero-order valence-electron chi connectivity index (χ0n) is 14.5. The Balaban J connectivity index is 1.77. The van der Waals surface area contributed by atoms with Crippen LogP contribution in [0.4, 0.5) is 5.69 Å². The molecule has 5 heteroatoms. The highest BCUT2D eigenvalue weighted by Gasteiger charge is 2.05. The first-order valence-electron chi connectivity index (χ1n) is 8.50. The third-order valence-corrected chi connectivity index (χ3v) is 3.77. The van der Waals surface area contributed by atoms with Gasteiger partial charge in [-0.1, -0.05) is 31.5 Å². The van der Waals surface area contributed by atoms with Crippen molar-refractivity contribution in [2.24, 2.45) is 5.73 Å². The molecular formula is C20H24N2O3. The average Bonchev–Trinajstić information content (AvgIpc) is 2.61. The number of aryl methyl sites for hydroxylation is 1. The zero-order chi connectivity index (χ0) is 18.1. The van der Waals surface area contributed by atoms with E-state index in [4.69, 9.17) is 10.5 Å². The number of anilines is 1. The van der Waals surface area contributed by atoms with Crippen molar-refractivity contribution in [3.8, 4) is 5.75 Å². The number of rotatable bonds is 9. The van der Waals surface area contributed by atoms with Gasteiger partial charge in [-0.15, -0.1) is 0 Å². The van der Waals surface area contributed by atoms with Crippen LogP contribution >= 0.6 is 0 Å². The SMILES string of the molecule is CCCCc1ccc(NC(=O)CCOc2cccc(C(N)=O)c2)cc1. The smallest absolute Gasteiger partial charge is 0.248 e. The molecule has 0 aliphatic carbocycles. The monoisotopic (exact) mass is 340 g/mol. The summed E-state index contributed by atoms with van der Waals surface area (Å²) in [5, 5.41) is 2.85. The van der Waals surface area contributed by atoms with E-state index in [-0.39, 0.29) is 18.9 Å². The first kappa shape index (κ1) is 18.5. The summed E-state index contributed by atoms with van der Waals surface area (Å²) in [7, 11) is 0. The number of hydrogen-bond acceptors (Lipinski definition) is 3. The molecule has 0 saturated heterocycles. The summed E-state index contributed by atoms with van der Waals surface area (Å²) in [4.78, 5) is 23.1. The molecule has 0 unspecified atom stereocenters. The summed E-state index contributed by atoms with van der Waals surface area (Å²) in [6.45, 7) is 2.39. The topological polar surface area (TPSA) is 81.4 Å². The summed E-state index contributed by atoms with van der Waals surface area (Å²) in [6.07, 6.45) is 3.61. The molecule has 2 aromatic rings. The number of benzene rings is 2. The van der Waals surface area contributed by atoms with E-state index in [1.54, 1.807) is 24.3 Å². The number of nitrogens with two attached hydrogens (primary N) is 1. The van der Waals surface area contributed by atoms with Gasteiger partial charge in [0.05, 0.1) is 13.0 Å². The summed E-state index contributed by atoms with van der Waals surface area (Å²) >= 11 is 0. The van der Waals surface area contributed by atoms with Crippen molar-refractivity contribution in [1.82, 2.24) is 0 Å². The van der Waals surface area contributed by atoms with Gasteiger partial charge in [-0.2, -0.15) is 0 Å². The Morgan fingerprint density at radius 1 is 1.12 bits per heavy atom. The Hall–Kier alpha value is -2.82. The highest BCUT2D eigenvalue weighted by Crippen LogP contribution is 2.14. The minimum Gasteiger partial charge on any atom is -0.493 e. The Morgan fingerprint density at radius 3 is 2.56 bits per heavy atom. The standard InChI is InChI=1S/C20H24N2O3/c1-2-3-5-15-8-10-17(11-9-15)22-19(23)12-13-25-18-7-4-6-16(14-18)20(21)24/h4,6-11,14H,2-3,5,12-13H2,1H3,(H2,21,24)(H,22,23). The van der Waals surface area contributed by atoms with Crippen molar-refractivity contribution >= 4 is 17.5 Å². The van der Waals surface area contributed by atoms with Crippen molar-refractivity contribution in [2.75, 3.05) is 11.9 Å². The van der Waals surface area contributed by atoms with Gasteiger partial charge in [0.15, 0.2) is 0 Å². The average molecular weight is 340 g/mol. The number of nitrogens with one attached hydrogen (secondary N) is 1. The summed E-state index contributed by atoms with van der Waals surface area (Å²) in [6, 6.07) is 14.5. The number of carbonyl (C=O) groups excluding carboxylic acids is 2. The van der Waals surface area contributed by atoms with E-state index in [1.165, 1.54) is 18.4 Å². The van der Waals surface area contributed by atoms with Crippen LogP contribution in [0.15, 0.2) is 48.5 Å². The van der Waals surface area contributed by atoms with Gasteiger partial charge < -0.3 is 15.8 Å². The predicted octanol–water partition coefficient (Wildman–Crippen LogP) is 3.54. The van der Waals surface area contributed by atoms with Crippen LogP contribution in [0, 0.1) is 0 Å². The molecule has 0 heterocycles. The van der Waals surface area contributed by atoms with E-state index >= 15 is 0 Å². The summed E-state index contributed by atoms with van der Waals surface area (Å²) < 4.78 is 5.50. The van der Waals surface area contributed by atoms with E-state index in [2.05, 4.69) is 12.2 Å². The molecule has 0 spiro atoms. The van der Waals surface area contributed by atoms with E-state index in [0.29, 0.717) is 11.3 Å². The van der Waals surface area contributed by atoms with Crippen LogP contribution in [0.2, 0.25) is 0 Å². The molecule has 0 saturated carbocycles. The third kappa shape index (κ3) is 6.30. The minimum absolute atomic E-state index is 0.118. The quantitative estimate of drug-likeness (QED) is 0.732. The molecule has 0 bridgehead atoms. The maximum atomic E-state index is 12.0. The Morgan fingerprint density at radius 2 is 1.88 bits per heavy atom. The van der Waals surface area contributed by atoms with Crippen molar-refractivity contribution < 1.29 is 14.3 Å². The molecule has 2 rings (SSSR count). The van der Waals surface area contributed by atoms with Gasteiger partial charge in [-0.25, -0.2) is 0 Å². The van der Waals surface area contributed by atoms with Crippen molar-refractivity contribution in [3.63, 3.8) is 0 Å². The summed E-state index contributed by atoms with van der Waals surface area (Å²) in [5.74, 6) is -0.109. The Bertz CT molecular complexity index is 711. The van der Waals surface area contributed by atoms with E-state index < -0.39 is 5.91 Å². The van der Waals surface area contributed by atoms with E-state index in [9.17, 15) is 9.59 Å². The van der Waals surface area contributed by atoms with Gasteiger partial charge in [0, 0.05) is 11.3 Å². The molecular weight excluding hydrogens is 316 g/mol. The Kier molecular flexibility index (Phi) is 7.01. The zero-order valence-corrected chi connectivity index (χ0v) is 14.5. The predicted molar refractivity (Wildman–Crippen MR) is 98.8 cm³/mol. The van der Waals surface area contributed by atoms with Crippen molar-refractivity contribution in [3.05, 3.63) is 59.7 Å². The molecule has 25 heavy (non-hydrogen) atoms. The third-order valence-electron chi connectivity index (χ3n) is 3.77. The van der Waals surface area contributed by atoms with Gasteiger partial charge >= 0.3 is 0 Å². The maximum absolute atomic E-state index is 12.0. The molecule has 5 nitrogen and oxygen atoms in total. The van der Waals surface area contributed by atoms with Gasteiger partial charge in [0.25, 0.3) is 0 Å². The fraction of sp³-hybridized carbons (Fsp3) is 0.300. The molecule has 132 valence electrons. The number of ether oxygens (including phenoxy) is 1. The second-order valence-corrected chi connectivity index (χ2v) is 5.84. The fourth-order valence-electron chi connectivity index (χ4n) is 2.36. The second-order valence-electron chi connectivity index (χ2n) is 5.84. The molecule has 0 atom stereocenters. The molecule has 0 fully saturated rings. The van der Waals surface area contributed by atoms with Gasteiger partial charge in [-0.05, 0) is 48.7 Å². The van der Waals surface area contributed by atoms with Crippen LogP contribution in [-0.2, 0) is 11.2 Å². The number of hydrogen-bond donors (Lipinski definition) is 2. The maximum Gasteiger partial charge on any atom is 0.248 e. The van der Waals surface area contributed by atoms with Crippen LogP contribution in [0.1, 0.15) is 42.1 Å². The van der Waals surface area contributed by atoms with Gasteiger partial charge in [0.1, 0.15) is 5.75 Å². The lowest BCUT2D eigenvalue weighted by atomic mass is 10.1. The first-order valence-corrected chi connectivity index (χ1v) is 8.50. The van der Waals surface area contributed by atoms with Crippen LogP contribution < -0.4 is 15.8 Å². The highest BCUT2D eigenvalue weighted by molar-refractivity contribution is 5.93. The van der Waals surface area contributed by atoms with Crippen molar-refractivity contribution in [2.45, 2.75) is 32.6 Å². The first-order chi connectivity index (χ1) is 12.1. The van der Waals surface area contributed by atoms with Gasteiger partial charge in [-0.3, -0.25) is 9.59 Å². The van der Waals surface area contributed by atoms with Gasteiger partial charge in [0.2, 0.25) is 11.8 Å². The van der Waals surface area contributed by atoms with Crippen LogP contribution in [-0.4, -0.2) is 18.4 Å². The molecule has 0 aliphatic heterocycles. The fourth-order valence-corrected chi connectivity index (χ4v) is 2.36. The van der Waals surface area contributed by atoms with Crippen molar-refractivity contribution in [1.29, 1.82) is 0 Å². The number of carbonyl (C=O) groups is 2. The largest absolute Gasteiger partial charge is 0.493 e. The molecule has 2 aromatic carbocycles. The molecule has 0 aromatic heterocycles. The van der Waals surface area contributed by atoms with Crippen LogP contribution in [0.5, 0.6) is 5.75 Å². The van der Waals surface area contributed by atoms with E-state index in [0.717, 1.165) is 12.1 Å². The lowest BCUT2D eigenvalue weighted by Gasteiger charge is -2.08. The highest BCUT2D eigenvalue weighted by atomic mass is 16.5. The molecule has 3 N–H and O–H groups in total. The lowest BCUT2D eigenvalue weighted by Crippen LogP contribution is -2.15. The Labute approximate surface area is 148 Å². The number of primary amides is 1. The minimum atomic E-state index is -0.509. The molecule has 0 radical (unpaired) electrons. The summed E-state index contributed by atoms with van der Waals surface area (Å²) in [5.41, 5.74) is 7.66. The lowest BCUT2D eigenvalue weighted by molar-refractivity contribution is -0.116. The second kappa shape index (κ2) is 9.47. The molecule has 0 aliphatic rings. The van der Waals surface area contributed by atoms with E-state index in [1.807, 2.05) is 24.3 Å². The normalized spacial score (nSPS) is 10.3.